The van der Waals surface area contributed by atoms with Crippen molar-refractivity contribution in [1.29, 1.82) is 5.26 Å². The van der Waals surface area contributed by atoms with E-state index >= 15 is 0 Å². The zero-order chi connectivity index (χ0) is 19.8. The fraction of sp³-hybridized carbons (Fsp3) is 0.375. The molecular formula is C16H21N2O7P. The van der Waals surface area contributed by atoms with Gasteiger partial charge in [-0.05, 0) is 45.0 Å². The number of carbonyl (C=O) groups is 1. The molecule has 0 saturated carbocycles. The summed E-state index contributed by atoms with van der Waals surface area (Å²) in [7, 11) is -4.63. The van der Waals surface area contributed by atoms with E-state index < -0.39 is 19.5 Å². The van der Waals surface area contributed by atoms with Crippen LogP contribution in [0.1, 0.15) is 31.9 Å². The van der Waals surface area contributed by atoms with Crippen molar-refractivity contribution in [2.45, 2.75) is 26.4 Å². The number of carbonyl (C=O) groups excluding carboxylic acids is 1. The van der Waals surface area contributed by atoms with Gasteiger partial charge in [-0.3, -0.25) is 9.79 Å². The Bertz CT molecular complexity index is 744. The quantitative estimate of drug-likeness (QED) is 0.370. The first-order valence-corrected chi connectivity index (χ1v) is 9.07. The van der Waals surface area contributed by atoms with E-state index in [0.29, 0.717) is 16.9 Å². The standard InChI is InChI=1S/C16H21N2O7P/c1-16(2,3)25-15(19)18-7-9-23-14-10-12(11-17)4-5-13(14)6-8-24-26(20,21)22/h4-6,8,10H,7,9H2,1-3H3,(H,18,19)(H2,20,21,22). The van der Waals surface area contributed by atoms with Crippen molar-refractivity contribution >= 4 is 20.0 Å². The first kappa shape index (κ1) is 21.5. The molecule has 0 fully saturated rings. The molecule has 0 aliphatic carbocycles. The molecule has 26 heavy (non-hydrogen) atoms. The summed E-state index contributed by atoms with van der Waals surface area (Å²) in [6.45, 7) is 5.49. The molecule has 0 saturated heterocycles. The lowest BCUT2D eigenvalue weighted by Crippen LogP contribution is -2.34. The Hall–Kier alpha value is -2.53. The number of nitriles is 1. The molecule has 0 radical (unpaired) electrons. The summed E-state index contributed by atoms with van der Waals surface area (Å²) in [6, 6.07) is 6.48. The van der Waals surface area contributed by atoms with Crippen LogP contribution in [0.4, 0.5) is 4.79 Å². The lowest BCUT2D eigenvalue weighted by molar-refractivity contribution is 0.0520. The second-order valence-corrected chi connectivity index (χ2v) is 7.23. The number of nitrogens with zero attached hydrogens (tertiary/aromatic N) is 1. The predicted octanol–water partition coefficient (Wildman–Crippen LogP) is 2.54. The van der Waals surface area contributed by atoms with Gasteiger partial charge in [-0.15, -0.1) is 0 Å². The van der Waals surface area contributed by atoms with Crippen LogP contribution < -0.4 is 10.1 Å². The number of hydrogen-bond donors (Lipinski definition) is 3. The molecule has 1 rings (SSSR count). The van der Waals surface area contributed by atoms with E-state index in [0.717, 1.165) is 6.26 Å². The molecule has 0 aliphatic rings. The molecular weight excluding hydrogens is 363 g/mol. The number of nitrogens with one attached hydrogen (secondary N) is 1. The minimum atomic E-state index is -4.63. The minimum absolute atomic E-state index is 0.0916. The SMILES string of the molecule is CC(C)(C)OC(=O)NCCOc1cc(C#N)ccc1C=COP(=O)(O)O. The van der Waals surface area contributed by atoms with Crippen molar-refractivity contribution in [1.82, 2.24) is 5.32 Å². The van der Waals surface area contributed by atoms with E-state index in [4.69, 9.17) is 24.5 Å². The van der Waals surface area contributed by atoms with Crippen LogP contribution in [0.25, 0.3) is 6.08 Å². The molecule has 1 aromatic rings. The highest BCUT2D eigenvalue weighted by molar-refractivity contribution is 7.46. The summed E-state index contributed by atoms with van der Waals surface area (Å²) in [5.74, 6) is 0.292. The maximum Gasteiger partial charge on any atom is 0.524 e. The summed E-state index contributed by atoms with van der Waals surface area (Å²) < 4.78 is 25.5. The van der Waals surface area contributed by atoms with Crippen LogP contribution in [0.3, 0.4) is 0 Å². The lowest BCUT2D eigenvalue weighted by atomic mass is 10.1. The summed E-state index contributed by atoms with van der Waals surface area (Å²) in [5, 5.41) is 11.5. The van der Waals surface area contributed by atoms with Gasteiger partial charge in [0.1, 0.15) is 18.0 Å². The Kier molecular flexibility index (Phi) is 7.65. The summed E-state index contributed by atoms with van der Waals surface area (Å²) in [6.07, 6.45) is 1.55. The van der Waals surface area contributed by atoms with Crippen LogP contribution in [0, 0.1) is 11.3 Å². The van der Waals surface area contributed by atoms with E-state index in [2.05, 4.69) is 9.84 Å². The highest BCUT2D eigenvalue weighted by Gasteiger charge is 2.15. The van der Waals surface area contributed by atoms with Crippen molar-refractivity contribution in [3.63, 3.8) is 0 Å². The molecule has 0 unspecified atom stereocenters. The van der Waals surface area contributed by atoms with Gasteiger partial charge >= 0.3 is 13.9 Å². The first-order chi connectivity index (χ1) is 12.0. The Morgan fingerprint density at radius 3 is 2.65 bits per heavy atom. The maximum absolute atomic E-state index is 11.5. The second-order valence-electron chi connectivity index (χ2n) is 6.04. The van der Waals surface area contributed by atoms with Crippen molar-refractivity contribution < 1.29 is 33.1 Å². The molecule has 0 spiro atoms. The van der Waals surface area contributed by atoms with Crippen molar-refractivity contribution in [2.75, 3.05) is 13.2 Å². The zero-order valence-corrected chi connectivity index (χ0v) is 15.5. The van der Waals surface area contributed by atoms with Crippen molar-refractivity contribution in [2.24, 2.45) is 0 Å². The molecule has 0 aliphatic heterocycles. The molecule has 142 valence electrons. The molecule has 10 heteroatoms. The molecule has 1 amide bonds. The summed E-state index contributed by atoms with van der Waals surface area (Å²) in [5.41, 5.74) is 0.172. The van der Waals surface area contributed by atoms with Crippen LogP contribution in [-0.2, 0) is 13.8 Å². The highest BCUT2D eigenvalue weighted by Crippen LogP contribution is 2.36. The molecule has 9 nitrogen and oxygen atoms in total. The third-order valence-corrected chi connectivity index (χ3v) is 3.01. The van der Waals surface area contributed by atoms with Gasteiger partial charge in [0.15, 0.2) is 0 Å². The van der Waals surface area contributed by atoms with Crippen LogP contribution in [0.15, 0.2) is 24.5 Å². The number of ether oxygens (including phenoxy) is 2. The smallest absolute Gasteiger partial charge is 0.491 e. The van der Waals surface area contributed by atoms with Gasteiger partial charge in [-0.2, -0.15) is 5.26 Å². The third kappa shape index (κ3) is 9.08. The highest BCUT2D eigenvalue weighted by atomic mass is 31.2. The topological polar surface area (TPSA) is 138 Å². The van der Waals surface area contributed by atoms with Gasteiger partial charge in [-0.1, -0.05) is 0 Å². The van der Waals surface area contributed by atoms with E-state index in [1.807, 2.05) is 6.07 Å². The first-order valence-electron chi connectivity index (χ1n) is 7.54. The second kappa shape index (κ2) is 9.25. The molecule has 0 aromatic heterocycles. The van der Waals surface area contributed by atoms with E-state index in [1.165, 1.54) is 24.3 Å². The minimum Gasteiger partial charge on any atom is -0.491 e. The third-order valence-electron chi connectivity index (χ3n) is 2.62. The zero-order valence-electron chi connectivity index (χ0n) is 14.6. The number of phosphoric acid groups is 1. The predicted molar refractivity (Wildman–Crippen MR) is 93.1 cm³/mol. The lowest BCUT2D eigenvalue weighted by Gasteiger charge is -2.19. The van der Waals surface area contributed by atoms with Gasteiger partial charge in [0.05, 0.1) is 24.4 Å². The number of benzene rings is 1. The van der Waals surface area contributed by atoms with Gasteiger partial charge in [0, 0.05) is 5.56 Å². The number of hydrogen-bond acceptors (Lipinski definition) is 6. The van der Waals surface area contributed by atoms with Crippen LogP contribution in [0.5, 0.6) is 5.75 Å². The van der Waals surface area contributed by atoms with E-state index in [-0.39, 0.29) is 13.2 Å². The van der Waals surface area contributed by atoms with E-state index in [1.54, 1.807) is 20.8 Å². The number of alkyl carbamates (subject to hydrolysis) is 1. The number of rotatable bonds is 7. The Morgan fingerprint density at radius 1 is 1.38 bits per heavy atom. The van der Waals surface area contributed by atoms with Crippen LogP contribution in [-0.4, -0.2) is 34.6 Å². The molecule has 3 N–H and O–H groups in total. The fourth-order valence-electron chi connectivity index (χ4n) is 1.68. The largest absolute Gasteiger partial charge is 0.524 e. The van der Waals surface area contributed by atoms with E-state index in [9.17, 15) is 9.36 Å². The summed E-state index contributed by atoms with van der Waals surface area (Å²) in [4.78, 5) is 28.9. The molecule has 0 heterocycles. The van der Waals surface area contributed by atoms with Crippen LogP contribution >= 0.6 is 7.82 Å². The molecule has 0 atom stereocenters. The molecule has 1 aromatic carbocycles. The normalized spacial score (nSPS) is 11.7. The average molecular weight is 384 g/mol. The van der Waals surface area contributed by atoms with Crippen molar-refractivity contribution in [3.05, 3.63) is 35.6 Å². The van der Waals surface area contributed by atoms with Crippen molar-refractivity contribution in [3.8, 4) is 11.8 Å². The van der Waals surface area contributed by atoms with Gasteiger partial charge in [-0.25, -0.2) is 9.36 Å². The maximum atomic E-state index is 11.5. The average Bonchev–Trinajstić information content (AvgIpc) is 2.49. The fourth-order valence-corrected chi connectivity index (χ4v) is 1.90. The van der Waals surface area contributed by atoms with Gasteiger partial charge in [0.25, 0.3) is 0 Å². The Balaban J connectivity index is 2.68. The Labute approximate surface area is 151 Å². The monoisotopic (exact) mass is 384 g/mol. The molecule has 0 bridgehead atoms. The van der Waals surface area contributed by atoms with Gasteiger partial charge in [0.2, 0.25) is 0 Å². The number of phosphoric ester groups is 1. The Morgan fingerprint density at radius 2 is 2.08 bits per heavy atom. The number of amides is 1. The van der Waals surface area contributed by atoms with Gasteiger partial charge < -0.3 is 19.3 Å². The van der Waals surface area contributed by atoms with Crippen LogP contribution in [0.2, 0.25) is 0 Å². The summed E-state index contributed by atoms with van der Waals surface area (Å²) >= 11 is 0.